The van der Waals surface area contributed by atoms with Crippen LogP contribution in [0.15, 0.2) is 24.3 Å². The van der Waals surface area contributed by atoms with Gasteiger partial charge < -0.3 is 9.47 Å². The van der Waals surface area contributed by atoms with Crippen LogP contribution in [0.5, 0.6) is 5.75 Å². The molecule has 1 rings (SSSR count). The van der Waals surface area contributed by atoms with Crippen molar-refractivity contribution in [3.8, 4) is 5.75 Å². The summed E-state index contributed by atoms with van der Waals surface area (Å²) in [5.74, 6) is 0.929. The second kappa shape index (κ2) is 9.95. The lowest BCUT2D eigenvalue weighted by Gasteiger charge is -2.05. The van der Waals surface area contributed by atoms with Gasteiger partial charge in [0.15, 0.2) is 0 Å². The Hall–Kier alpha value is -1.02. The summed E-state index contributed by atoms with van der Waals surface area (Å²) in [6.07, 6.45) is 7.22. The molecule has 0 bridgehead atoms. The minimum absolute atomic E-state index is 0.903. The highest BCUT2D eigenvalue weighted by Gasteiger charge is 1.95. The number of methoxy groups -OCH3 is 1. The first kappa shape index (κ1) is 15.0. The fraction of sp³-hybridized carbons (Fsp3) is 0.625. The van der Waals surface area contributed by atoms with Crippen molar-refractivity contribution in [1.82, 2.24) is 0 Å². The Morgan fingerprint density at radius 3 is 2.17 bits per heavy atom. The summed E-state index contributed by atoms with van der Waals surface area (Å²) in [5, 5.41) is 0. The van der Waals surface area contributed by atoms with Crippen molar-refractivity contribution in [3.63, 3.8) is 0 Å². The summed E-state index contributed by atoms with van der Waals surface area (Å²) in [5.41, 5.74) is 1.38. The number of ether oxygens (including phenoxy) is 2. The molecule has 0 atom stereocenters. The lowest BCUT2D eigenvalue weighted by atomic mass is 10.1. The first-order chi connectivity index (χ1) is 8.86. The molecule has 2 nitrogen and oxygen atoms in total. The zero-order valence-electron chi connectivity index (χ0n) is 11.8. The molecule has 0 aliphatic carbocycles. The van der Waals surface area contributed by atoms with Gasteiger partial charge in [0.1, 0.15) is 5.75 Å². The van der Waals surface area contributed by atoms with Gasteiger partial charge in [-0.2, -0.15) is 0 Å². The van der Waals surface area contributed by atoms with Crippen LogP contribution in [0, 0.1) is 0 Å². The van der Waals surface area contributed by atoms with Gasteiger partial charge >= 0.3 is 0 Å². The number of aryl methyl sites for hydroxylation is 1. The number of benzene rings is 1. The molecule has 0 N–H and O–H groups in total. The van der Waals surface area contributed by atoms with Crippen molar-refractivity contribution in [2.45, 2.75) is 45.4 Å². The summed E-state index contributed by atoms with van der Waals surface area (Å²) < 4.78 is 10.7. The van der Waals surface area contributed by atoms with Crippen LogP contribution in [0.4, 0.5) is 0 Å². The second-order valence-electron chi connectivity index (χ2n) is 4.62. The van der Waals surface area contributed by atoms with Crippen molar-refractivity contribution < 1.29 is 9.47 Å². The third-order valence-electron chi connectivity index (χ3n) is 3.06. The molecule has 1 aromatic carbocycles. The molecule has 0 aliphatic heterocycles. The average Bonchev–Trinajstić information content (AvgIpc) is 2.42. The molecule has 0 aromatic heterocycles. The van der Waals surface area contributed by atoms with Crippen LogP contribution in [0.2, 0.25) is 0 Å². The maximum Gasteiger partial charge on any atom is 0.118 e. The topological polar surface area (TPSA) is 18.5 Å². The third kappa shape index (κ3) is 6.65. The summed E-state index contributed by atoms with van der Waals surface area (Å²) >= 11 is 0. The Bertz CT molecular complexity index is 292. The minimum atomic E-state index is 0.903. The lowest BCUT2D eigenvalue weighted by molar-refractivity contribution is 0.126. The van der Waals surface area contributed by atoms with E-state index in [9.17, 15) is 0 Å². The Labute approximate surface area is 111 Å². The van der Waals surface area contributed by atoms with Gasteiger partial charge in [0, 0.05) is 13.2 Å². The molecular weight excluding hydrogens is 224 g/mol. The zero-order valence-corrected chi connectivity index (χ0v) is 11.8. The Morgan fingerprint density at radius 1 is 0.889 bits per heavy atom. The highest BCUT2D eigenvalue weighted by Crippen LogP contribution is 2.13. The van der Waals surface area contributed by atoms with Gasteiger partial charge in [-0.1, -0.05) is 31.9 Å². The molecule has 102 valence electrons. The summed E-state index contributed by atoms with van der Waals surface area (Å²) in [4.78, 5) is 0. The highest BCUT2D eigenvalue weighted by molar-refractivity contribution is 5.27. The SMILES string of the molecule is CCCCCOCCCCc1ccc(OC)cc1. The van der Waals surface area contributed by atoms with E-state index in [0.717, 1.165) is 31.8 Å². The van der Waals surface area contributed by atoms with Gasteiger partial charge in [-0.15, -0.1) is 0 Å². The van der Waals surface area contributed by atoms with E-state index in [1.165, 1.54) is 31.2 Å². The summed E-state index contributed by atoms with van der Waals surface area (Å²) in [6, 6.07) is 8.33. The number of hydrogen-bond donors (Lipinski definition) is 0. The number of rotatable bonds is 10. The standard InChI is InChI=1S/C16H26O2/c1-3-4-6-13-18-14-7-5-8-15-9-11-16(17-2)12-10-15/h9-12H,3-8,13-14H2,1-2H3. The van der Waals surface area contributed by atoms with E-state index in [2.05, 4.69) is 19.1 Å². The Balaban J connectivity index is 2.00. The number of hydrogen-bond acceptors (Lipinski definition) is 2. The predicted molar refractivity (Wildman–Crippen MR) is 76.3 cm³/mol. The molecule has 0 radical (unpaired) electrons. The molecule has 0 saturated carbocycles. The van der Waals surface area contributed by atoms with Crippen LogP contribution in [0.1, 0.15) is 44.6 Å². The number of unbranched alkanes of at least 4 members (excludes halogenated alkanes) is 3. The van der Waals surface area contributed by atoms with E-state index >= 15 is 0 Å². The van der Waals surface area contributed by atoms with E-state index in [-0.39, 0.29) is 0 Å². The predicted octanol–water partition coefficient (Wildman–Crippen LogP) is 4.22. The highest BCUT2D eigenvalue weighted by atomic mass is 16.5. The van der Waals surface area contributed by atoms with Gasteiger partial charge in [-0.3, -0.25) is 0 Å². The van der Waals surface area contributed by atoms with Crippen LogP contribution in [0.25, 0.3) is 0 Å². The lowest BCUT2D eigenvalue weighted by Crippen LogP contribution is -1.97. The van der Waals surface area contributed by atoms with Crippen LogP contribution in [0.3, 0.4) is 0 Å². The van der Waals surface area contributed by atoms with Crippen LogP contribution >= 0.6 is 0 Å². The Kier molecular flexibility index (Phi) is 8.32. The van der Waals surface area contributed by atoms with Crippen molar-refractivity contribution in [3.05, 3.63) is 29.8 Å². The van der Waals surface area contributed by atoms with E-state index in [1.54, 1.807) is 7.11 Å². The maximum absolute atomic E-state index is 5.59. The molecule has 0 saturated heterocycles. The fourth-order valence-electron chi connectivity index (χ4n) is 1.88. The average molecular weight is 250 g/mol. The van der Waals surface area contributed by atoms with Crippen LogP contribution < -0.4 is 4.74 Å². The van der Waals surface area contributed by atoms with E-state index in [1.807, 2.05) is 12.1 Å². The minimum Gasteiger partial charge on any atom is -0.497 e. The third-order valence-corrected chi connectivity index (χ3v) is 3.06. The first-order valence-electron chi connectivity index (χ1n) is 7.07. The maximum atomic E-state index is 5.59. The monoisotopic (exact) mass is 250 g/mol. The Morgan fingerprint density at radius 2 is 1.56 bits per heavy atom. The second-order valence-corrected chi connectivity index (χ2v) is 4.62. The molecule has 0 unspecified atom stereocenters. The summed E-state index contributed by atoms with van der Waals surface area (Å²) in [6.45, 7) is 4.05. The van der Waals surface area contributed by atoms with Crippen LogP contribution in [-0.4, -0.2) is 20.3 Å². The first-order valence-corrected chi connectivity index (χ1v) is 7.07. The van der Waals surface area contributed by atoms with E-state index < -0.39 is 0 Å². The zero-order chi connectivity index (χ0) is 13.1. The van der Waals surface area contributed by atoms with E-state index in [4.69, 9.17) is 9.47 Å². The van der Waals surface area contributed by atoms with Gasteiger partial charge in [-0.25, -0.2) is 0 Å². The molecule has 2 heteroatoms. The molecule has 0 heterocycles. The van der Waals surface area contributed by atoms with Crippen molar-refractivity contribution >= 4 is 0 Å². The summed E-state index contributed by atoms with van der Waals surface area (Å²) in [7, 11) is 1.70. The van der Waals surface area contributed by atoms with Gasteiger partial charge in [0.25, 0.3) is 0 Å². The van der Waals surface area contributed by atoms with Gasteiger partial charge in [-0.05, 0) is 43.4 Å². The van der Waals surface area contributed by atoms with Crippen molar-refractivity contribution in [1.29, 1.82) is 0 Å². The molecule has 0 fully saturated rings. The largest absolute Gasteiger partial charge is 0.497 e. The molecule has 1 aromatic rings. The molecule has 0 spiro atoms. The van der Waals surface area contributed by atoms with Gasteiger partial charge in [0.05, 0.1) is 7.11 Å². The molecule has 18 heavy (non-hydrogen) atoms. The fourth-order valence-corrected chi connectivity index (χ4v) is 1.88. The normalized spacial score (nSPS) is 10.6. The van der Waals surface area contributed by atoms with Crippen molar-refractivity contribution in [2.24, 2.45) is 0 Å². The molecular formula is C16H26O2. The van der Waals surface area contributed by atoms with Gasteiger partial charge in [0.2, 0.25) is 0 Å². The molecule has 0 aliphatic rings. The smallest absolute Gasteiger partial charge is 0.118 e. The van der Waals surface area contributed by atoms with Crippen molar-refractivity contribution in [2.75, 3.05) is 20.3 Å². The quantitative estimate of drug-likeness (QED) is 0.579. The van der Waals surface area contributed by atoms with E-state index in [0.29, 0.717) is 0 Å². The molecule has 0 amide bonds. The van der Waals surface area contributed by atoms with Crippen LogP contribution in [-0.2, 0) is 11.2 Å².